The fraction of sp³-hybridized carbons (Fsp3) is 0.231. The molecule has 1 aromatic carbocycles. The molecule has 6 nitrogen and oxygen atoms in total. The Hall–Kier alpha value is -1.70. The summed E-state index contributed by atoms with van der Waals surface area (Å²) in [6.07, 6.45) is 2.42. The van der Waals surface area contributed by atoms with E-state index < -0.39 is 10.0 Å². The largest absolute Gasteiger partial charge is 0.492 e. The van der Waals surface area contributed by atoms with Crippen LogP contribution in [0, 0.1) is 0 Å². The van der Waals surface area contributed by atoms with Crippen molar-refractivity contribution in [3.63, 3.8) is 0 Å². The Labute approximate surface area is 127 Å². The summed E-state index contributed by atoms with van der Waals surface area (Å²) in [5, 5.41) is 0.0125. The highest BCUT2D eigenvalue weighted by molar-refractivity contribution is 7.89. The SMILES string of the molecule is O=S(=O)(c1cnc(Cl)nc1)N1CCOc2ccccc2C1. The Morgan fingerprint density at radius 3 is 2.67 bits per heavy atom. The smallest absolute Gasteiger partial charge is 0.246 e. The van der Waals surface area contributed by atoms with Gasteiger partial charge in [0.1, 0.15) is 17.3 Å². The van der Waals surface area contributed by atoms with Gasteiger partial charge in [0.15, 0.2) is 0 Å². The summed E-state index contributed by atoms with van der Waals surface area (Å²) in [6.45, 7) is 0.811. The van der Waals surface area contributed by atoms with E-state index in [2.05, 4.69) is 9.97 Å². The molecule has 1 aromatic heterocycles. The first-order valence-electron chi connectivity index (χ1n) is 6.26. The Kier molecular flexibility index (Phi) is 3.79. The number of ether oxygens (including phenoxy) is 1. The van der Waals surface area contributed by atoms with E-state index in [0.29, 0.717) is 12.4 Å². The van der Waals surface area contributed by atoms with Crippen molar-refractivity contribution in [2.45, 2.75) is 11.4 Å². The molecular weight excluding hydrogens is 314 g/mol. The van der Waals surface area contributed by atoms with Gasteiger partial charge in [-0.05, 0) is 17.7 Å². The maximum Gasteiger partial charge on any atom is 0.246 e. The molecule has 0 N–H and O–H groups in total. The Morgan fingerprint density at radius 2 is 1.90 bits per heavy atom. The van der Waals surface area contributed by atoms with Crippen molar-refractivity contribution >= 4 is 21.6 Å². The predicted molar refractivity (Wildman–Crippen MR) is 76.6 cm³/mol. The number of halogens is 1. The third-order valence-corrected chi connectivity index (χ3v) is 5.15. The van der Waals surface area contributed by atoms with Crippen LogP contribution in [0.2, 0.25) is 5.28 Å². The molecule has 8 heteroatoms. The van der Waals surface area contributed by atoms with Crippen LogP contribution >= 0.6 is 11.6 Å². The quantitative estimate of drug-likeness (QED) is 0.786. The lowest BCUT2D eigenvalue weighted by Gasteiger charge is -2.19. The summed E-state index contributed by atoms with van der Waals surface area (Å²) in [7, 11) is -3.68. The first-order valence-corrected chi connectivity index (χ1v) is 8.07. The normalized spacial score (nSPS) is 15.9. The second-order valence-corrected chi connectivity index (χ2v) is 6.76. The topological polar surface area (TPSA) is 72.4 Å². The molecule has 0 fully saturated rings. The predicted octanol–water partition coefficient (Wildman–Crippen LogP) is 1.71. The molecule has 110 valence electrons. The number of para-hydroxylation sites is 1. The van der Waals surface area contributed by atoms with Crippen LogP contribution in [0.1, 0.15) is 5.56 Å². The highest BCUT2D eigenvalue weighted by atomic mass is 35.5. The Bertz CT molecular complexity index is 750. The fourth-order valence-electron chi connectivity index (χ4n) is 2.09. The minimum Gasteiger partial charge on any atom is -0.492 e. The van der Waals surface area contributed by atoms with Crippen molar-refractivity contribution < 1.29 is 13.2 Å². The van der Waals surface area contributed by atoms with E-state index in [1.165, 1.54) is 16.7 Å². The molecule has 0 saturated carbocycles. The zero-order valence-corrected chi connectivity index (χ0v) is 12.5. The van der Waals surface area contributed by atoms with E-state index in [9.17, 15) is 8.42 Å². The van der Waals surface area contributed by atoms with E-state index in [-0.39, 0.29) is 23.3 Å². The maximum atomic E-state index is 12.6. The minimum absolute atomic E-state index is 0.0125. The summed E-state index contributed by atoms with van der Waals surface area (Å²) in [4.78, 5) is 7.47. The molecule has 0 bridgehead atoms. The van der Waals surface area contributed by atoms with Crippen LogP contribution in [0.3, 0.4) is 0 Å². The highest BCUT2D eigenvalue weighted by Crippen LogP contribution is 2.26. The fourth-order valence-corrected chi connectivity index (χ4v) is 3.48. The van der Waals surface area contributed by atoms with E-state index in [0.717, 1.165) is 5.56 Å². The lowest BCUT2D eigenvalue weighted by Crippen LogP contribution is -2.32. The molecule has 0 aliphatic carbocycles. The van der Waals surface area contributed by atoms with Crippen LogP contribution in [-0.2, 0) is 16.6 Å². The molecule has 1 aliphatic heterocycles. The van der Waals surface area contributed by atoms with Crippen LogP contribution in [0.15, 0.2) is 41.6 Å². The number of rotatable bonds is 2. The summed E-state index contributed by atoms with van der Waals surface area (Å²) in [5.41, 5.74) is 0.827. The lowest BCUT2D eigenvalue weighted by molar-refractivity contribution is 0.293. The molecule has 0 radical (unpaired) electrons. The van der Waals surface area contributed by atoms with Crippen molar-refractivity contribution in [2.24, 2.45) is 0 Å². The number of fused-ring (bicyclic) bond motifs is 1. The van der Waals surface area contributed by atoms with Gasteiger partial charge < -0.3 is 4.74 Å². The van der Waals surface area contributed by atoms with Crippen LogP contribution in [0.4, 0.5) is 0 Å². The van der Waals surface area contributed by atoms with Crippen LogP contribution in [0.5, 0.6) is 5.75 Å². The van der Waals surface area contributed by atoms with Crippen molar-refractivity contribution in [1.82, 2.24) is 14.3 Å². The molecule has 21 heavy (non-hydrogen) atoms. The first-order chi connectivity index (χ1) is 10.1. The van der Waals surface area contributed by atoms with Gasteiger partial charge in [0, 0.05) is 18.7 Å². The van der Waals surface area contributed by atoms with Crippen molar-refractivity contribution in [1.29, 1.82) is 0 Å². The second kappa shape index (κ2) is 5.59. The van der Waals surface area contributed by atoms with Crippen LogP contribution < -0.4 is 4.74 Å². The van der Waals surface area contributed by atoms with E-state index in [1.807, 2.05) is 24.3 Å². The zero-order valence-electron chi connectivity index (χ0n) is 10.9. The van der Waals surface area contributed by atoms with Crippen LogP contribution in [0.25, 0.3) is 0 Å². The van der Waals surface area contributed by atoms with E-state index >= 15 is 0 Å². The van der Waals surface area contributed by atoms with Gasteiger partial charge in [-0.15, -0.1) is 0 Å². The van der Waals surface area contributed by atoms with Gasteiger partial charge in [0.05, 0.1) is 12.4 Å². The van der Waals surface area contributed by atoms with Gasteiger partial charge in [-0.2, -0.15) is 4.31 Å². The number of benzene rings is 1. The Balaban J connectivity index is 1.94. The number of hydrogen-bond donors (Lipinski definition) is 0. The van der Waals surface area contributed by atoms with Gasteiger partial charge in [-0.1, -0.05) is 18.2 Å². The first kappa shape index (κ1) is 14.2. The van der Waals surface area contributed by atoms with Gasteiger partial charge in [0.25, 0.3) is 0 Å². The maximum absolute atomic E-state index is 12.6. The minimum atomic E-state index is -3.68. The average molecular weight is 326 g/mol. The number of nitrogens with zero attached hydrogens (tertiary/aromatic N) is 3. The second-order valence-electron chi connectivity index (χ2n) is 4.48. The monoisotopic (exact) mass is 325 g/mol. The molecular formula is C13H12ClN3O3S. The third kappa shape index (κ3) is 2.85. The standard InChI is InChI=1S/C13H12ClN3O3S/c14-13-15-7-11(8-16-13)21(18,19)17-5-6-20-12-4-2-1-3-10(12)9-17/h1-4,7-8H,5-6,9H2. The molecule has 2 heterocycles. The summed E-state index contributed by atoms with van der Waals surface area (Å²) in [6, 6.07) is 7.39. The number of aromatic nitrogens is 2. The van der Waals surface area contributed by atoms with Gasteiger partial charge >= 0.3 is 0 Å². The van der Waals surface area contributed by atoms with Gasteiger partial charge in [0.2, 0.25) is 15.3 Å². The molecule has 2 aromatic rings. The summed E-state index contributed by atoms with van der Waals surface area (Å²) >= 11 is 5.59. The zero-order chi connectivity index (χ0) is 14.9. The van der Waals surface area contributed by atoms with Crippen molar-refractivity contribution in [3.8, 4) is 5.75 Å². The van der Waals surface area contributed by atoms with Crippen LogP contribution in [-0.4, -0.2) is 35.8 Å². The molecule has 0 spiro atoms. The molecule has 0 unspecified atom stereocenters. The van der Waals surface area contributed by atoms with Crippen molar-refractivity contribution in [2.75, 3.05) is 13.2 Å². The molecule has 1 aliphatic rings. The van der Waals surface area contributed by atoms with Gasteiger partial charge in [-0.3, -0.25) is 0 Å². The third-order valence-electron chi connectivity index (χ3n) is 3.15. The average Bonchev–Trinajstić information content (AvgIpc) is 2.70. The highest BCUT2D eigenvalue weighted by Gasteiger charge is 2.28. The number of hydrogen-bond acceptors (Lipinski definition) is 5. The Morgan fingerprint density at radius 1 is 1.19 bits per heavy atom. The lowest BCUT2D eigenvalue weighted by atomic mass is 10.2. The number of sulfonamides is 1. The summed E-state index contributed by atoms with van der Waals surface area (Å²) in [5.74, 6) is 0.711. The molecule has 0 atom stereocenters. The summed E-state index contributed by atoms with van der Waals surface area (Å²) < 4.78 is 32.1. The molecule has 3 rings (SSSR count). The van der Waals surface area contributed by atoms with Crippen molar-refractivity contribution in [3.05, 3.63) is 47.5 Å². The molecule has 0 amide bonds. The van der Waals surface area contributed by atoms with E-state index in [4.69, 9.17) is 16.3 Å². The van der Waals surface area contributed by atoms with E-state index in [1.54, 1.807) is 0 Å². The molecule has 0 saturated heterocycles. The van der Waals surface area contributed by atoms with Gasteiger partial charge in [-0.25, -0.2) is 18.4 Å².